The number of nitrogens with two attached hydrogens (primary N) is 1. The summed E-state index contributed by atoms with van der Waals surface area (Å²) in [4.78, 5) is 4.30. The fourth-order valence-electron chi connectivity index (χ4n) is 1.34. The number of halogens is 1. The molecule has 5 heteroatoms. The Balaban J connectivity index is 2.79. The summed E-state index contributed by atoms with van der Waals surface area (Å²) in [5, 5.41) is 0. The fraction of sp³-hybridized carbons (Fsp3) is 0.222. The van der Waals surface area contributed by atoms with Gasteiger partial charge in [-0.2, -0.15) is 0 Å². The van der Waals surface area contributed by atoms with E-state index in [2.05, 4.69) is 20.9 Å². The number of nitrogen functional groups attached to an aromatic ring is 1. The summed E-state index contributed by atoms with van der Waals surface area (Å²) in [6.07, 6.45) is 1.85. The number of anilines is 1. The van der Waals surface area contributed by atoms with E-state index in [0.29, 0.717) is 5.82 Å². The second-order valence-corrected chi connectivity index (χ2v) is 3.85. The molecule has 0 aliphatic heterocycles. The van der Waals surface area contributed by atoms with Crippen LogP contribution in [0.25, 0.3) is 5.65 Å². The normalized spacial score (nSPS) is 10.8. The third-order valence-corrected chi connectivity index (χ3v) is 2.71. The topological polar surface area (TPSA) is 52.5 Å². The van der Waals surface area contributed by atoms with Crippen LogP contribution in [-0.2, 0) is 0 Å². The van der Waals surface area contributed by atoms with Crippen molar-refractivity contribution in [2.75, 3.05) is 12.8 Å². The highest BCUT2D eigenvalue weighted by Crippen LogP contribution is 2.27. The van der Waals surface area contributed by atoms with Crippen LogP contribution < -0.4 is 10.5 Å². The molecule has 0 aliphatic carbocycles. The zero-order chi connectivity index (χ0) is 10.3. The maximum Gasteiger partial charge on any atom is 0.142 e. The lowest BCUT2D eigenvalue weighted by Gasteiger charge is -2.03. The molecule has 2 aromatic heterocycles. The van der Waals surface area contributed by atoms with E-state index in [1.165, 1.54) is 0 Å². The lowest BCUT2D eigenvalue weighted by atomic mass is 10.4. The van der Waals surface area contributed by atoms with Gasteiger partial charge in [-0.1, -0.05) is 0 Å². The maximum atomic E-state index is 5.84. The highest BCUT2D eigenvalue weighted by atomic mass is 79.9. The van der Waals surface area contributed by atoms with Crippen LogP contribution >= 0.6 is 15.9 Å². The maximum absolute atomic E-state index is 5.84. The predicted octanol–water partition coefficient (Wildman–Crippen LogP) is 2.00. The Labute approximate surface area is 89.8 Å². The van der Waals surface area contributed by atoms with Crippen LogP contribution in [0.2, 0.25) is 0 Å². The molecule has 0 radical (unpaired) electrons. The van der Waals surface area contributed by atoms with Crippen LogP contribution in [-0.4, -0.2) is 16.5 Å². The molecule has 0 saturated heterocycles. The van der Waals surface area contributed by atoms with Crippen molar-refractivity contribution in [2.24, 2.45) is 0 Å². The Morgan fingerprint density at radius 3 is 2.93 bits per heavy atom. The summed E-state index contributed by atoms with van der Waals surface area (Å²) in [5.41, 5.74) is 7.45. The standard InChI is InChI=1S/C9H10BrN3O/c1-5-9(11)13-4-6(10)7(14-2)3-8(13)12-5/h3-4H,11H2,1-2H3. The molecule has 2 heterocycles. The average molecular weight is 256 g/mol. The van der Waals surface area contributed by atoms with Gasteiger partial charge < -0.3 is 10.5 Å². The first-order valence-corrected chi connectivity index (χ1v) is 4.90. The number of aryl methyl sites for hydroxylation is 1. The molecule has 0 fully saturated rings. The molecule has 14 heavy (non-hydrogen) atoms. The summed E-state index contributed by atoms with van der Waals surface area (Å²) in [6, 6.07) is 1.84. The summed E-state index contributed by atoms with van der Waals surface area (Å²) < 4.78 is 7.84. The van der Waals surface area contributed by atoms with Gasteiger partial charge in [0, 0.05) is 12.3 Å². The van der Waals surface area contributed by atoms with E-state index in [1.807, 2.05) is 23.6 Å². The van der Waals surface area contributed by atoms with E-state index < -0.39 is 0 Å². The molecular weight excluding hydrogens is 246 g/mol. The summed E-state index contributed by atoms with van der Waals surface area (Å²) in [6.45, 7) is 1.88. The van der Waals surface area contributed by atoms with Crippen molar-refractivity contribution in [2.45, 2.75) is 6.92 Å². The molecule has 0 saturated carbocycles. The van der Waals surface area contributed by atoms with Gasteiger partial charge in [-0.3, -0.25) is 4.40 Å². The van der Waals surface area contributed by atoms with Crippen LogP contribution in [0.3, 0.4) is 0 Å². The minimum Gasteiger partial charge on any atom is -0.495 e. The monoisotopic (exact) mass is 255 g/mol. The van der Waals surface area contributed by atoms with Crippen molar-refractivity contribution < 1.29 is 4.74 Å². The second-order valence-electron chi connectivity index (χ2n) is 3.00. The predicted molar refractivity (Wildman–Crippen MR) is 58.6 cm³/mol. The summed E-state index contributed by atoms with van der Waals surface area (Å²) in [7, 11) is 1.62. The van der Waals surface area contributed by atoms with Crippen molar-refractivity contribution in [1.29, 1.82) is 0 Å². The van der Waals surface area contributed by atoms with Gasteiger partial charge >= 0.3 is 0 Å². The van der Waals surface area contributed by atoms with E-state index in [4.69, 9.17) is 10.5 Å². The molecule has 0 aromatic carbocycles. The zero-order valence-corrected chi connectivity index (χ0v) is 9.50. The Hall–Kier alpha value is -1.23. The molecule has 0 unspecified atom stereocenters. The Morgan fingerprint density at radius 1 is 1.57 bits per heavy atom. The third kappa shape index (κ3) is 1.24. The van der Waals surface area contributed by atoms with E-state index in [1.54, 1.807) is 7.11 Å². The number of fused-ring (bicyclic) bond motifs is 1. The zero-order valence-electron chi connectivity index (χ0n) is 7.91. The van der Waals surface area contributed by atoms with Gasteiger partial charge in [0.2, 0.25) is 0 Å². The van der Waals surface area contributed by atoms with Gasteiger partial charge in [-0.15, -0.1) is 0 Å². The lowest BCUT2D eigenvalue weighted by Crippen LogP contribution is -1.95. The Bertz CT molecular complexity index is 492. The Kier molecular flexibility index (Phi) is 2.11. The smallest absolute Gasteiger partial charge is 0.142 e. The summed E-state index contributed by atoms with van der Waals surface area (Å²) >= 11 is 3.39. The molecule has 0 bridgehead atoms. The minimum absolute atomic E-state index is 0.656. The highest BCUT2D eigenvalue weighted by Gasteiger charge is 2.08. The average Bonchev–Trinajstić information content (AvgIpc) is 2.43. The minimum atomic E-state index is 0.656. The fourth-order valence-corrected chi connectivity index (χ4v) is 1.82. The van der Waals surface area contributed by atoms with Crippen molar-refractivity contribution in [3.63, 3.8) is 0 Å². The van der Waals surface area contributed by atoms with Crippen molar-refractivity contribution in [3.8, 4) is 5.75 Å². The third-order valence-electron chi connectivity index (χ3n) is 2.12. The van der Waals surface area contributed by atoms with Gasteiger partial charge in [-0.25, -0.2) is 4.98 Å². The van der Waals surface area contributed by atoms with Crippen LogP contribution in [0.15, 0.2) is 16.7 Å². The van der Waals surface area contributed by atoms with Gasteiger partial charge in [0.25, 0.3) is 0 Å². The van der Waals surface area contributed by atoms with Gasteiger partial charge in [0.05, 0.1) is 17.3 Å². The molecule has 0 atom stereocenters. The number of rotatable bonds is 1. The molecule has 0 spiro atoms. The van der Waals surface area contributed by atoms with E-state index in [9.17, 15) is 0 Å². The first kappa shape index (κ1) is 9.33. The highest BCUT2D eigenvalue weighted by molar-refractivity contribution is 9.10. The van der Waals surface area contributed by atoms with Gasteiger partial charge in [-0.05, 0) is 22.9 Å². The van der Waals surface area contributed by atoms with E-state index in [-0.39, 0.29) is 0 Å². The van der Waals surface area contributed by atoms with Crippen molar-refractivity contribution in [3.05, 3.63) is 22.4 Å². The molecule has 0 aliphatic rings. The van der Waals surface area contributed by atoms with E-state index in [0.717, 1.165) is 21.6 Å². The van der Waals surface area contributed by atoms with Gasteiger partial charge in [0.1, 0.15) is 17.2 Å². The summed E-state index contributed by atoms with van der Waals surface area (Å²) in [5.74, 6) is 1.41. The van der Waals surface area contributed by atoms with Crippen LogP contribution in [0.1, 0.15) is 5.69 Å². The number of imidazole rings is 1. The molecular formula is C9H10BrN3O. The van der Waals surface area contributed by atoms with Crippen LogP contribution in [0.4, 0.5) is 5.82 Å². The number of pyridine rings is 1. The Morgan fingerprint density at radius 2 is 2.29 bits per heavy atom. The quantitative estimate of drug-likeness (QED) is 0.848. The number of nitrogens with zero attached hydrogens (tertiary/aromatic N) is 2. The first-order chi connectivity index (χ1) is 6.63. The number of hydrogen-bond donors (Lipinski definition) is 1. The van der Waals surface area contributed by atoms with E-state index >= 15 is 0 Å². The number of methoxy groups -OCH3 is 1. The molecule has 2 aromatic rings. The second kappa shape index (κ2) is 3.16. The van der Waals surface area contributed by atoms with Crippen LogP contribution in [0, 0.1) is 6.92 Å². The van der Waals surface area contributed by atoms with Crippen molar-refractivity contribution in [1.82, 2.24) is 9.38 Å². The van der Waals surface area contributed by atoms with Gasteiger partial charge in [0.15, 0.2) is 0 Å². The number of aromatic nitrogens is 2. The molecule has 0 amide bonds. The van der Waals surface area contributed by atoms with Crippen LogP contribution in [0.5, 0.6) is 5.75 Å². The van der Waals surface area contributed by atoms with Crippen molar-refractivity contribution >= 4 is 27.4 Å². The number of ether oxygens (including phenoxy) is 1. The number of hydrogen-bond acceptors (Lipinski definition) is 3. The SMILES string of the molecule is COc1cc2nc(C)c(N)n2cc1Br. The molecule has 2 N–H and O–H groups in total. The lowest BCUT2D eigenvalue weighted by molar-refractivity contribution is 0.412. The largest absolute Gasteiger partial charge is 0.495 e. The molecule has 2 rings (SSSR count). The first-order valence-electron chi connectivity index (χ1n) is 4.11. The molecule has 74 valence electrons. The molecule has 4 nitrogen and oxygen atoms in total.